The number of hydrogen-bond donors (Lipinski definition) is 1. The SMILES string of the molecule is CC(C)CC1(C(N)c2cc3cc(F)ccc3o2)CCCC1. The Hall–Kier alpha value is -1.35. The van der Waals surface area contributed by atoms with E-state index in [0.717, 1.165) is 36.0 Å². The molecule has 1 atom stereocenters. The van der Waals surface area contributed by atoms with Crippen LogP contribution in [0.2, 0.25) is 0 Å². The maximum Gasteiger partial charge on any atom is 0.134 e. The van der Waals surface area contributed by atoms with Crippen LogP contribution in [0.3, 0.4) is 0 Å². The molecule has 1 fully saturated rings. The zero-order chi connectivity index (χ0) is 15.0. The molecule has 0 aliphatic heterocycles. The van der Waals surface area contributed by atoms with E-state index in [1.807, 2.05) is 6.07 Å². The van der Waals surface area contributed by atoms with Crippen molar-refractivity contribution in [1.29, 1.82) is 0 Å². The maximum atomic E-state index is 13.3. The van der Waals surface area contributed by atoms with E-state index in [9.17, 15) is 4.39 Å². The van der Waals surface area contributed by atoms with E-state index in [1.54, 1.807) is 6.07 Å². The van der Waals surface area contributed by atoms with Gasteiger partial charge in [-0.3, -0.25) is 0 Å². The second-order valence-electron chi connectivity index (χ2n) is 6.98. The maximum absolute atomic E-state index is 13.3. The van der Waals surface area contributed by atoms with Crippen molar-refractivity contribution < 1.29 is 8.81 Å². The van der Waals surface area contributed by atoms with Crippen LogP contribution in [0.1, 0.15) is 57.8 Å². The Morgan fingerprint density at radius 3 is 2.62 bits per heavy atom. The molecule has 1 unspecified atom stereocenters. The van der Waals surface area contributed by atoms with Crippen molar-refractivity contribution in [2.24, 2.45) is 17.1 Å². The van der Waals surface area contributed by atoms with Crippen LogP contribution in [0.5, 0.6) is 0 Å². The predicted octanol–water partition coefficient (Wildman–Crippen LogP) is 5.18. The van der Waals surface area contributed by atoms with Crippen molar-refractivity contribution >= 4 is 11.0 Å². The first-order valence-electron chi connectivity index (χ1n) is 7.95. The van der Waals surface area contributed by atoms with Crippen molar-refractivity contribution in [3.05, 3.63) is 35.8 Å². The van der Waals surface area contributed by atoms with Gasteiger partial charge in [-0.05, 0) is 54.9 Å². The Kier molecular flexibility index (Phi) is 3.78. The van der Waals surface area contributed by atoms with Crippen molar-refractivity contribution in [3.8, 4) is 0 Å². The van der Waals surface area contributed by atoms with Crippen LogP contribution in [-0.2, 0) is 0 Å². The van der Waals surface area contributed by atoms with E-state index in [-0.39, 0.29) is 17.3 Å². The third-order valence-corrected chi connectivity index (χ3v) is 4.88. The monoisotopic (exact) mass is 289 g/mol. The fourth-order valence-corrected chi connectivity index (χ4v) is 4.02. The summed E-state index contributed by atoms with van der Waals surface area (Å²) in [4.78, 5) is 0. The van der Waals surface area contributed by atoms with Gasteiger partial charge in [0.2, 0.25) is 0 Å². The van der Waals surface area contributed by atoms with Gasteiger partial charge in [-0.1, -0.05) is 26.7 Å². The number of fused-ring (bicyclic) bond motifs is 1. The van der Waals surface area contributed by atoms with Crippen LogP contribution in [0.25, 0.3) is 11.0 Å². The van der Waals surface area contributed by atoms with E-state index in [0.29, 0.717) is 5.92 Å². The molecule has 0 spiro atoms. The molecule has 1 aliphatic carbocycles. The Bertz CT molecular complexity index is 625. The average Bonchev–Trinajstić information content (AvgIpc) is 3.04. The highest BCUT2D eigenvalue weighted by Gasteiger charge is 2.41. The van der Waals surface area contributed by atoms with Gasteiger partial charge >= 0.3 is 0 Å². The standard InChI is InChI=1S/C18H24FNO/c1-12(2)11-18(7-3-4-8-18)17(20)16-10-13-9-14(19)5-6-15(13)21-16/h5-6,9-10,12,17H,3-4,7-8,11,20H2,1-2H3. The summed E-state index contributed by atoms with van der Waals surface area (Å²) in [6, 6.07) is 6.45. The lowest BCUT2D eigenvalue weighted by molar-refractivity contribution is 0.168. The molecule has 1 heterocycles. The van der Waals surface area contributed by atoms with Gasteiger partial charge < -0.3 is 10.2 Å². The quantitative estimate of drug-likeness (QED) is 0.842. The molecule has 21 heavy (non-hydrogen) atoms. The lowest BCUT2D eigenvalue weighted by Crippen LogP contribution is -2.33. The van der Waals surface area contributed by atoms with Gasteiger partial charge in [0.25, 0.3) is 0 Å². The van der Waals surface area contributed by atoms with E-state index in [2.05, 4.69) is 13.8 Å². The summed E-state index contributed by atoms with van der Waals surface area (Å²) in [6.45, 7) is 4.50. The topological polar surface area (TPSA) is 39.2 Å². The van der Waals surface area contributed by atoms with Crippen molar-refractivity contribution in [3.63, 3.8) is 0 Å². The third-order valence-electron chi connectivity index (χ3n) is 4.88. The summed E-state index contributed by atoms with van der Waals surface area (Å²) < 4.78 is 19.2. The van der Waals surface area contributed by atoms with E-state index < -0.39 is 0 Å². The molecule has 1 aromatic heterocycles. The molecule has 1 saturated carbocycles. The van der Waals surface area contributed by atoms with Crippen molar-refractivity contribution in [1.82, 2.24) is 0 Å². The molecule has 0 bridgehead atoms. The molecule has 0 amide bonds. The number of furan rings is 1. The summed E-state index contributed by atoms with van der Waals surface area (Å²) >= 11 is 0. The number of rotatable bonds is 4. The van der Waals surface area contributed by atoms with Gasteiger partial charge in [0.1, 0.15) is 17.2 Å². The highest BCUT2D eigenvalue weighted by molar-refractivity contribution is 5.78. The molecular weight excluding hydrogens is 265 g/mol. The Morgan fingerprint density at radius 1 is 1.24 bits per heavy atom. The minimum absolute atomic E-state index is 0.0992. The highest BCUT2D eigenvalue weighted by Crippen LogP contribution is 2.51. The number of benzene rings is 1. The fraction of sp³-hybridized carbons (Fsp3) is 0.556. The molecule has 3 rings (SSSR count). The summed E-state index contributed by atoms with van der Waals surface area (Å²) in [7, 11) is 0. The fourth-order valence-electron chi connectivity index (χ4n) is 4.02. The predicted molar refractivity (Wildman–Crippen MR) is 83.5 cm³/mol. The second-order valence-corrected chi connectivity index (χ2v) is 6.98. The molecule has 0 saturated heterocycles. The minimum Gasteiger partial charge on any atom is -0.459 e. The minimum atomic E-state index is -0.235. The molecule has 114 valence electrons. The molecule has 2 nitrogen and oxygen atoms in total. The summed E-state index contributed by atoms with van der Waals surface area (Å²) in [6.07, 6.45) is 5.94. The van der Waals surface area contributed by atoms with Crippen molar-refractivity contribution in [2.75, 3.05) is 0 Å². The normalized spacial score (nSPS) is 19.5. The first-order valence-corrected chi connectivity index (χ1v) is 7.95. The smallest absolute Gasteiger partial charge is 0.134 e. The Morgan fingerprint density at radius 2 is 1.95 bits per heavy atom. The molecular formula is C18H24FNO. The van der Waals surface area contributed by atoms with E-state index in [1.165, 1.54) is 25.0 Å². The van der Waals surface area contributed by atoms with Gasteiger partial charge in [0.15, 0.2) is 0 Å². The van der Waals surface area contributed by atoms with Gasteiger partial charge in [-0.15, -0.1) is 0 Å². The Labute approximate surface area is 125 Å². The van der Waals surface area contributed by atoms with Crippen LogP contribution in [0, 0.1) is 17.2 Å². The molecule has 1 aromatic carbocycles. The highest BCUT2D eigenvalue weighted by atomic mass is 19.1. The van der Waals surface area contributed by atoms with Crippen LogP contribution < -0.4 is 5.73 Å². The lowest BCUT2D eigenvalue weighted by atomic mass is 9.72. The van der Waals surface area contributed by atoms with E-state index >= 15 is 0 Å². The van der Waals surface area contributed by atoms with E-state index in [4.69, 9.17) is 10.2 Å². The second kappa shape index (κ2) is 5.45. The largest absolute Gasteiger partial charge is 0.459 e. The molecule has 1 aliphatic rings. The van der Waals surface area contributed by atoms with Gasteiger partial charge in [-0.25, -0.2) is 4.39 Å². The first-order chi connectivity index (χ1) is 10.00. The summed E-state index contributed by atoms with van der Waals surface area (Å²) in [5, 5.41) is 0.804. The number of nitrogens with two attached hydrogens (primary N) is 1. The number of hydrogen-bond acceptors (Lipinski definition) is 2. The molecule has 2 N–H and O–H groups in total. The van der Waals surface area contributed by atoms with Gasteiger partial charge in [0, 0.05) is 5.39 Å². The molecule has 0 radical (unpaired) electrons. The van der Waals surface area contributed by atoms with Gasteiger partial charge in [0.05, 0.1) is 6.04 Å². The van der Waals surface area contributed by atoms with Crippen molar-refractivity contribution in [2.45, 2.75) is 52.0 Å². The lowest BCUT2D eigenvalue weighted by Gasteiger charge is -2.35. The average molecular weight is 289 g/mol. The van der Waals surface area contributed by atoms with Crippen LogP contribution in [0.15, 0.2) is 28.7 Å². The zero-order valence-corrected chi connectivity index (χ0v) is 12.9. The van der Waals surface area contributed by atoms with Crippen LogP contribution >= 0.6 is 0 Å². The molecule has 3 heteroatoms. The third kappa shape index (κ3) is 2.71. The van der Waals surface area contributed by atoms with Crippen LogP contribution in [0.4, 0.5) is 4.39 Å². The van der Waals surface area contributed by atoms with Crippen LogP contribution in [-0.4, -0.2) is 0 Å². The van der Waals surface area contributed by atoms with Gasteiger partial charge in [-0.2, -0.15) is 0 Å². The molecule has 2 aromatic rings. The number of halogens is 1. The summed E-state index contributed by atoms with van der Waals surface area (Å²) in [5.41, 5.74) is 7.46. The summed E-state index contributed by atoms with van der Waals surface area (Å²) in [5.74, 6) is 1.19. The zero-order valence-electron chi connectivity index (χ0n) is 12.9. The first kappa shape index (κ1) is 14.6. The Balaban J connectivity index is 1.95.